The second-order valence-corrected chi connectivity index (χ2v) is 4.56. The first-order chi connectivity index (χ1) is 7.54. The SMILES string of the molecule is CC(=O)C(C#N)C(=O)Sc1ccc(Cl)cc1. The highest BCUT2D eigenvalue weighted by molar-refractivity contribution is 8.13. The third kappa shape index (κ3) is 3.37. The van der Waals surface area contributed by atoms with Gasteiger partial charge < -0.3 is 0 Å². The van der Waals surface area contributed by atoms with Crippen LogP contribution in [0.3, 0.4) is 0 Å². The van der Waals surface area contributed by atoms with Gasteiger partial charge >= 0.3 is 0 Å². The largest absolute Gasteiger partial charge is 0.298 e. The molecule has 1 atom stereocenters. The first kappa shape index (κ1) is 12.8. The molecule has 5 heteroatoms. The zero-order valence-electron chi connectivity index (χ0n) is 8.44. The van der Waals surface area contributed by atoms with Gasteiger partial charge in [-0.1, -0.05) is 23.4 Å². The number of benzene rings is 1. The van der Waals surface area contributed by atoms with E-state index in [0.717, 1.165) is 11.8 Å². The summed E-state index contributed by atoms with van der Waals surface area (Å²) < 4.78 is 0. The van der Waals surface area contributed by atoms with E-state index in [9.17, 15) is 9.59 Å². The van der Waals surface area contributed by atoms with Crippen molar-refractivity contribution in [2.75, 3.05) is 0 Å². The number of nitriles is 1. The van der Waals surface area contributed by atoms with Gasteiger partial charge in [0.25, 0.3) is 0 Å². The number of hydrogen-bond acceptors (Lipinski definition) is 4. The van der Waals surface area contributed by atoms with Crippen molar-refractivity contribution in [3.05, 3.63) is 29.3 Å². The van der Waals surface area contributed by atoms with E-state index in [1.165, 1.54) is 6.92 Å². The molecule has 0 bridgehead atoms. The molecule has 0 aromatic heterocycles. The molecule has 0 aliphatic heterocycles. The molecule has 0 saturated carbocycles. The molecule has 0 radical (unpaired) electrons. The average molecular weight is 254 g/mol. The molecule has 0 aliphatic rings. The summed E-state index contributed by atoms with van der Waals surface area (Å²) in [5.74, 6) is -1.63. The lowest BCUT2D eigenvalue weighted by Gasteiger charge is -2.03. The molecule has 0 aliphatic carbocycles. The number of nitrogens with zero attached hydrogens (tertiary/aromatic N) is 1. The van der Waals surface area contributed by atoms with Crippen LogP contribution in [0.25, 0.3) is 0 Å². The van der Waals surface area contributed by atoms with E-state index in [2.05, 4.69) is 0 Å². The van der Waals surface area contributed by atoms with Gasteiger partial charge in [0.2, 0.25) is 5.12 Å². The van der Waals surface area contributed by atoms with Gasteiger partial charge in [0.05, 0.1) is 6.07 Å². The van der Waals surface area contributed by atoms with E-state index >= 15 is 0 Å². The standard InChI is InChI=1S/C11H8ClNO2S/c1-7(14)10(6-13)11(15)16-9-4-2-8(12)3-5-9/h2-5,10H,1H3. The molecule has 82 valence electrons. The molecule has 0 spiro atoms. The number of halogens is 1. The molecule has 16 heavy (non-hydrogen) atoms. The van der Waals surface area contributed by atoms with E-state index in [1.807, 2.05) is 0 Å². The van der Waals surface area contributed by atoms with E-state index in [-0.39, 0.29) is 0 Å². The van der Waals surface area contributed by atoms with Crippen molar-refractivity contribution in [2.24, 2.45) is 5.92 Å². The maximum atomic E-state index is 11.6. The van der Waals surface area contributed by atoms with Crippen LogP contribution in [0.15, 0.2) is 29.2 Å². The van der Waals surface area contributed by atoms with Crippen molar-refractivity contribution >= 4 is 34.3 Å². The lowest BCUT2D eigenvalue weighted by atomic mass is 10.1. The number of hydrogen-bond donors (Lipinski definition) is 0. The topological polar surface area (TPSA) is 57.9 Å². The highest BCUT2D eigenvalue weighted by Gasteiger charge is 2.23. The van der Waals surface area contributed by atoms with E-state index in [1.54, 1.807) is 30.3 Å². The van der Waals surface area contributed by atoms with Crippen LogP contribution in [0.1, 0.15) is 6.92 Å². The summed E-state index contributed by atoms with van der Waals surface area (Å²) in [6, 6.07) is 8.31. The van der Waals surface area contributed by atoms with Crippen molar-refractivity contribution in [1.82, 2.24) is 0 Å². The lowest BCUT2D eigenvalue weighted by Crippen LogP contribution is -2.17. The molecule has 0 amide bonds. The summed E-state index contributed by atoms with van der Waals surface area (Å²) in [4.78, 5) is 23.2. The molecular weight excluding hydrogens is 246 g/mol. The fraction of sp³-hybridized carbons (Fsp3) is 0.182. The van der Waals surface area contributed by atoms with Gasteiger partial charge in [-0.05, 0) is 31.2 Å². The Labute approximate surface area is 102 Å². The molecule has 3 nitrogen and oxygen atoms in total. The van der Waals surface area contributed by atoms with Gasteiger partial charge in [-0.15, -0.1) is 0 Å². The van der Waals surface area contributed by atoms with Gasteiger partial charge in [-0.2, -0.15) is 5.26 Å². The minimum absolute atomic E-state index is 0.436. The third-order valence-corrected chi connectivity index (χ3v) is 3.00. The first-order valence-electron chi connectivity index (χ1n) is 4.42. The summed E-state index contributed by atoms with van der Waals surface area (Å²) in [7, 11) is 0. The molecular formula is C11H8ClNO2S. The second kappa shape index (κ2) is 5.69. The Morgan fingerprint density at radius 3 is 2.38 bits per heavy atom. The smallest absolute Gasteiger partial charge is 0.218 e. The average Bonchev–Trinajstić information content (AvgIpc) is 2.22. The Bertz CT molecular complexity index is 450. The van der Waals surface area contributed by atoms with Crippen molar-refractivity contribution in [3.63, 3.8) is 0 Å². The monoisotopic (exact) mass is 253 g/mol. The van der Waals surface area contributed by atoms with Crippen molar-refractivity contribution < 1.29 is 9.59 Å². The van der Waals surface area contributed by atoms with Crippen molar-refractivity contribution in [2.45, 2.75) is 11.8 Å². The van der Waals surface area contributed by atoms with Crippen LogP contribution in [-0.2, 0) is 9.59 Å². The number of rotatable bonds is 3. The predicted molar refractivity (Wildman–Crippen MR) is 62.1 cm³/mol. The lowest BCUT2D eigenvalue weighted by molar-refractivity contribution is -0.124. The molecule has 1 unspecified atom stereocenters. The summed E-state index contributed by atoms with van der Waals surface area (Å²) in [5.41, 5.74) is 0. The molecule has 1 aromatic carbocycles. The number of thioether (sulfide) groups is 1. The minimum atomic E-state index is -1.19. The Balaban J connectivity index is 2.75. The van der Waals surface area contributed by atoms with Crippen molar-refractivity contribution in [3.8, 4) is 6.07 Å². The number of ketones is 1. The fourth-order valence-corrected chi connectivity index (χ4v) is 1.95. The zero-order valence-corrected chi connectivity index (χ0v) is 10.0. The molecule has 0 fully saturated rings. The maximum Gasteiger partial charge on any atom is 0.218 e. The quantitative estimate of drug-likeness (QED) is 0.614. The Kier molecular flexibility index (Phi) is 4.53. The van der Waals surface area contributed by atoms with Crippen molar-refractivity contribution in [1.29, 1.82) is 5.26 Å². The fourth-order valence-electron chi connectivity index (χ4n) is 0.987. The van der Waals surface area contributed by atoms with E-state index < -0.39 is 16.8 Å². The van der Waals surface area contributed by atoms with Gasteiger partial charge in [-0.25, -0.2) is 0 Å². The number of carbonyl (C=O) groups excluding carboxylic acids is 2. The summed E-state index contributed by atoms with van der Waals surface area (Å²) in [6.07, 6.45) is 0. The molecule has 0 heterocycles. The highest BCUT2D eigenvalue weighted by Crippen LogP contribution is 2.24. The zero-order chi connectivity index (χ0) is 12.1. The Morgan fingerprint density at radius 1 is 1.38 bits per heavy atom. The normalized spacial score (nSPS) is 11.6. The molecule has 0 N–H and O–H groups in total. The first-order valence-corrected chi connectivity index (χ1v) is 5.61. The molecule has 1 aromatic rings. The van der Waals surface area contributed by atoms with Crippen LogP contribution in [0.4, 0.5) is 0 Å². The molecule has 1 rings (SSSR count). The maximum absolute atomic E-state index is 11.6. The Hall–Kier alpha value is -1.31. The second-order valence-electron chi connectivity index (χ2n) is 3.05. The van der Waals surface area contributed by atoms with Gasteiger partial charge in [0.15, 0.2) is 11.7 Å². The van der Waals surface area contributed by atoms with Gasteiger partial charge in [0.1, 0.15) is 0 Å². The highest BCUT2D eigenvalue weighted by atomic mass is 35.5. The van der Waals surface area contributed by atoms with Gasteiger partial charge in [-0.3, -0.25) is 9.59 Å². The number of Topliss-reactive ketones (excluding diaryl/α,β-unsaturated/α-hetero) is 1. The van der Waals surface area contributed by atoms with E-state index in [0.29, 0.717) is 9.92 Å². The number of carbonyl (C=O) groups is 2. The van der Waals surface area contributed by atoms with Crippen LogP contribution < -0.4 is 0 Å². The molecule has 0 saturated heterocycles. The summed E-state index contributed by atoms with van der Waals surface area (Å²) in [6.45, 7) is 1.23. The van der Waals surface area contributed by atoms with Crippen LogP contribution in [0, 0.1) is 17.2 Å². The van der Waals surface area contributed by atoms with E-state index in [4.69, 9.17) is 16.9 Å². The van der Waals surface area contributed by atoms with Crippen LogP contribution in [0.5, 0.6) is 0 Å². The minimum Gasteiger partial charge on any atom is -0.298 e. The van der Waals surface area contributed by atoms with Crippen LogP contribution >= 0.6 is 23.4 Å². The van der Waals surface area contributed by atoms with Crippen LogP contribution in [-0.4, -0.2) is 10.9 Å². The third-order valence-electron chi connectivity index (χ3n) is 1.80. The summed E-state index contributed by atoms with van der Waals surface area (Å²) in [5, 5.41) is 8.77. The van der Waals surface area contributed by atoms with Crippen LogP contribution in [0.2, 0.25) is 5.02 Å². The predicted octanol–water partition coefficient (Wildman–Crippen LogP) is 2.69. The summed E-state index contributed by atoms with van der Waals surface area (Å²) >= 11 is 6.56. The Morgan fingerprint density at radius 2 is 1.94 bits per heavy atom. The van der Waals surface area contributed by atoms with Gasteiger partial charge in [0, 0.05) is 9.92 Å².